The highest BCUT2D eigenvalue weighted by atomic mass is 32.2. The zero-order valence-corrected chi connectivity index (χ0v) is 24.1. The first-order valence-electron chi connectivity index (χ1n) is 15.4. The van der Waals surface area contributed by atoms with Crippen molar-refractivity contribution in [1.29, 1.82) is 0 Å². The van der Waals surface area contributed by atoms with E-state index in [1.807, 2.05) is 11.8 Å². The summed E-state index contributed by atoms with van der Waals surface area (Å²) in [5, 5.41) is 0. The van der Waals surface area contributed by atoms with Gasteiger partial charge in [0.2, 0.25) is 0 Å². The van der Waals surface area contributed by atoms with Crippen LogP contribution in [0.25, 0.3) is 0 Å². The molecule has 2 unspecified atom stereocenters. The van der Waals surface area contributed by atoms with E-state index in [0.717, 1.165) is 11.8 Å². The molecule has 0 N–H and O–H groups in total. The Hall–Kier alpha value is -2.71. The molecule has 39 heavy (non-hydrogen) atoms. The van der Waals surface area contributed by atoms with Gasteiger partial charge in [-0.1, -0.05) is 106 Å². The summed E-state index contributed by atoms with van der Waals surface area (Å²) in [6, 6.07) is 26.3. The fourth-order valence-electron chi connectivity index (χ4n) is 7.58. The Bertz CT molecular complexity index is 1290. The highest BCUT2D eigenvalue weighted by molar-refractivity contribution is 8.03. The summed E-state index contributed by atoms with van der Waals surface area (Å²) in [7, 11) is 0. The first-order valence-corrected chi connectivity index (χ1v) is 16.3. The number of allylic oxidation sites excluding steroid dienone is 4. The zero-order valence-electron chi connectivity index (χ0n) is 23.3. The Balaban J connectivity index is 1.24. The fourth-order valence-corrected chi connectivity index (χ4v) is 8.94. The number of fused-ring (bicyclic) bond motifs is 3. The van der Waals surface area contributed by atoms with Gasteiger partial charge in [-0.2, -0.15) is 0 Å². The van der Waals surface area contributed by atoms with Gasteiger partial charge in [-0.3, -0.25) is 0 Å². The summed E-state index contributed by atoms with van der Waals surface area (Å²) in [6.07, 6.45) is 20.6. The molecule has 0 spiro atoms. The molecular weight excluding hydrogens is 490 g/mol. The SMILES string of the molecule is CC1C=CC=C2Sc3cc(N(c4ccc(C5CCCCC5)cc4)c4ccc(C5CCCCC5)cc4)ccc3C21. The molecule has 1 heterocycles. The van der Waals surface area contributed by atoms with Crippen LogP contribution in [0.3, 0.4) is 0 Å². The Morgan fingerprint density at radius 3 is 1.74 bits per heavy atom. The lowest BCUT2D eigenvalue weighted by Crippen LogP contribution is -2.12. The predicted molar refractivity (Wildman–Crippen MR) is 168 cm³/mol. The zero-order chi connectivity index (χ0) is 26.2. The van der Waals surface area contributed by atoms with Gasteiger partial charge < -0.3 is 4.90 Å². The summed E-state index contributed by atoms with van der Waals surface area (Å²) in [6.45, 7) is 2.35. The predicted octanol–water partition coefficient (Wildman–Crippen LogP) is 11.5. The first kappa shape index (κ1) is 25.3. The minimum Gasteiger partial charge on any atom is -0.310 e. The Labute approximate surface area is 239 Å². The second-order valence-corrected chi connectivity index (χ2v) is 13.4. The highest BCUT2D eigenvalue weighted by Gasteiger charge is 2.33. The topological polar surface area (TPSA) is 3.24 Å². The minimum absolute atomic E-state index is 0.516. The summed E-state index contributed by atoms with van der Waals surface area (Å²) in [5.41, 5.74) is 8.31. The van der Waals surface area contributed by atoms with E-state index in [0.29, 0.717) is 11.8 Å². The van der Waals surface area contributed by atoms with Crippen LogP contribution in [0.5, 0.6) is 0 Å². The van der Waals surface area contributed by atoms with Crippen LogP contribution in [-0.4, -0.2) is 0 Å². The molecule has 2 heteroatoms. The third-order valence-electron chi connectivity index (χ3n) is 9.78. The Kier molecular flexibility index (Phi) is 7.16. The van der Waals surface area contributed by atoms with E-state index in [-0.39, 0.29) is 0 Å². The molecule has 2 saturated carbocycles. The van der Waals surface area contributed by atoms with Gasteiger partial charge in [-0.25, -0.2) is 0 Å². The van der Waals surface area contributed by atoms with E-state index < -0.39 is 0 Å². The number of hydrogen-bond acceptors (Lipinski definition) is 2. The second kappa shape index (κ2) is 11.0. The van der Waals surface area contributed by atoms with Gasteiger partial charge in [0.05, 0.1) is 0 Å². The summed E-state index contributed by atoms with van der Waals surface area (Å²) in [5.74, 6) is 2.54. The van der Waals surface area contributed by atoms with E-state index in [1.54, 1.807) is 0 Å². The van der Waals surface area contributed by atoms with Gasteiger partial charge in [0.25, 0.3) is 0 Å². The number of nitrogens with zero attached hydrogens (tertiary/aromatic N) is 1. The number of benzene rings is 3. The van der Waals surface area contributed by atoms with Crippen molar-refractivity contribution in [2.75, 3.05) is 4.90 Å². The van der Waals surface area contributed by atoms with Gasteiger partial charge in [0.15, 0.2) is 0 Å². The van der Waals surface area contributed by atoms with Gasteiger partial charge in [0, 0.05) is 27.9 Å². The molecule has 0 bridgehead atoms. The van der Waals surface area contributed by atoms with Crippen LogP contribution in [0, 0.1) is 5.92 Å². The van der Waals surface area contributed by atoms with Crippen molar-refractivity contribution in [3.8, 4) is 0 Å². The van der Waals surface area contributed by atoms with E-state index in [1.165, 1.54) is 108 Å². The highest BCUT2D eigenvalue weighted by Crippen LogP contribution is 2.54. The molecule has 4 aliphatic rings. The fraction of sp³-hybridized carbons (Fsp3) is 0.405. The minimum atomic E-state index is 0.516. The normalized spacial score (nSPS) is 23.3. The summed E-state index contributed by atoms with van der Waals surface area (Å²) in [4.78, 5) is 5.40. The lowest BCUT2D eigenvalue weighted by Gasteiger charge is -2.28. The second-order valence-electron chi connectivity index (χ2n) is 12.3. The van der Waals surface area contributed by atoms with Gasteiger partial charge in [0.1, 0.15) is 0 Å². The van der Waals surface area contributed by atoms with Crippen LogP contribution in [-0.2, 0) is 0 Å². The van der Waals surface area contributed by atoms with Crippen molar-refractivity contribution in [1.82, 2.24) is 0 Å². The Morgan fingerprint density at radius 1 is 0.641 bits per heavy atom. The molecule has 3 aromatic carbocycles. The number of thioether (sulfide) groups is 1. The number of rotatable bonds is 5. The standard InChI is InChI=1S/C37H41NS/c1-26-9-8-14-35-37(26)34-24-23-33(25-36(34)39-35)38(31-19-15-29(16-20-31)27-10-4-2-5-11-27)32-21-17-30(18-22-32)28-12-6-3-7-13-28/h8-9,14-28,37H,2-7,10-13H2,1H3. The van der Waals surface area contributed by atoms with Crippen molar-refractivity contribution in [3.63, 3.8) is 0 Å². The van der Waals surface area contributed by atoms with E-state index >= 15 is 0 Å². The lowest BCUT2D eigenvalue weighted by atomic mass is 9.84. The molecule has 7 rings (SSSR count). The quantitative estimate of drug-likeness (QED) is 0.322. The molecule has 1 nitrogen and oxygen atoms in total. The van der Waals surface area contributed by atoms with Crippen molar-refractivity contribution >= 4 is 28.8 Å². The van der Waals surface area contributed by atoms with Crippen molar-refractivity contribution < 1.29 is 0 Å². The molecule has 2 atom stereocenters. The van der Waals surface area contributed by atoms with E-state index in [2.05, 4.69) is 96.8 Å². The van der Waals surface area contributed by atoms with Gasteiger partial charge >= 0.3 is 0 Å². The molecule has 2 fully saturated rings. The first-order chi connectivity index (χ1) is 19.2. The molecule has 3 aromatic rings. The smallest absolute Gasteiger partial charge is 0.0473 e. The molecule has 1 aliphatic heterocycles. The van der Waals surface area contributed by atoms with Gasteiger partial charge in [-0.15, -0.1) is 0 Å². The van der Waals surface area contributed by atoms with E-state index in [9.17, 15) is 0 Å². The van der Waals surface area contributed by atoms with Crippen LogP contribution in [0.15, 0.2) is 94.8 Å². The maximum absolute atomic E-state index is 2.48. The maximum Gasteiger partial charge on any atom is 0.0473 e. The molecule has 0 aromatic heterocycles. The van der Waals surface area contributed by atoms with Crippen LogP contribution in [0.1, 0.15) is 106 Å². The molecule has 3 aliphatic carbocycles. The maximum atomic E-state index is 2.48. The Morgan fingerprint density at radius 2 is 1.18 bits per heavy atom. The van der Waals surface area contributed by atoms with Crippen LogP contribution >= 0.6 is 11.8 Å². The lowest BCUT2D eigenvalue weighted by molar-refractivity contribution is 0.443. The summed E-state index contributed by atoms with van der Waals surface area (Å²) < 4.78 is 0. The summed E-state index contributed by atoms with van der Waals surface area (Å²) >= 11 is 1.97. The molecule has 0 radical (unpaired) electrons. The monoisotopic (exact) mass is 531 g/mol. The third kappa shape index (κ3) is 5.02. The van der Waals surface area contributed by atoms with Crippen molar-refractivity contribution in [2.24, 2.45) is 5.92 Å². The van der Waals surface area contributed by atoms with Gasteiger partial charge in [-0.05, 0) is 101 Å². The number of hydrogen-bond donors (Lipinski definition) is 0. The molecule has 0 saturated heterocycles. The third-order valence-corrected chi connectivity index (χ3v) is 11.0. The molecule has 0 amide bonds. The van der Waals surface area contributed by atoms with Crippen LogP contribution in [0.4, 0.5) is 17.1 Å². The number of anilines is 3. The average Bonchev–Trinajstić information content (AvgIpc) is 3.38. The van der Waals surface area contributed by atoms with E-state index in [4.69, 9.17) is 0 Å². The largest absolute Gasteiger partial charge is 0.310 e. The van der Waals surface area contributed by atoms with Crippen LogP contribution < -0.4 is 4.90 Å². The average molecular weight is 532 g/mol. The van der Waals surface area contributed by atoms with Crippen LogP contribution in [0.2, 0.25) is 0 Å². The van der Waals surface area contributed by atoms with Crippen molar-refractivity contribution in [3.05, 3.63) is 107 Å². The van der Waals surface area contributed by atoms with Crippen molar-refractivity contribution in [2.45, 2.75) is 93.8 Å². The molecular formula is C37H41NS. The molecule has 200 valence electrons.